The Balaban J connectivity index is 1.73. The van der Waals surface area contributed by atoms with Crippen LogP contribution in [0.3, 0.4) is 0 Å². The third-order valence-corrected chi connectivity index (χ3v) is 6.52. The van der Waals surface area contributed by atoms with Gasteiger partial charge in [0.1, 0.15) is 16.5 Å². The second-order valence-corrected chi connectivity index (χ2v) is 8.40. The van der Waals surface area contributed by atoms with Crippen LogP contribution < -0.4 is 4.90 Å². The molecule has 0 aromatic carbocycles. The number of rotatable bonds is 3. The van der Waals surface area contributed by atoms with Crippen LogP contribution in [0.1, 0.15) is 29.1 Å². The first-order valence-corrected chi connectivity index (χ1v) is 9.86. The predicted molar refractivity (Wildman–Crippen MR) is 101 cm³/mol. The SMILES string of the molecule is Cc1sc2nc(CN3CCCC3)nc(N3CCN(C)CC3)c2c1C. The van der Waals surface area contributed by atoms with Gasteiger partial charge >= 0.3 is 0 Å². The van der Waals surface area contributed by atoms with Crippen LogP contribution in [0, 0.1) is 13.8 Å². The summed E-state index contributed by atoms with van der Waals surface area (Å²) in [6, 6.07) is 0. The minimum absolute atomic E-state index is 0.896. The summed E-state index contributed by atoms with van der Waals surface area (Å²) in [4.78, 5) is 19.9. The molecule has 4 heterocycles. The van der Waals surface area contributed by atoms with E-state index in [0.717, 1.165) is 38.5 Å². The average molecular weight is 346 g/mol. The highest BCUT2D eigenvalue weighted by molar-refractivity contribution is 7.18. The van der Waals surface area contributed by atoms with Gasteiger partial charge in [0, 0.05) is 31.1 Å². The average Bonchev–Trinajstić information content (AvgIpc) is 3.16. The lowest BCUT2D eigenvalue weighted by Crippen LogP contribution is -2.45. The zero-order valence-corrected chi connectivity index (χ0v) is 15.8. The second kappa shape index (κ2) is 6.58. The lowest BCUT2D eigenvalue weighted by molar-refractivity contribution is 0.310. The van der Waals surface area contributed by atoms with Gasteiger partial charge in [-0.1, -0.05) is 0 Å². The largest absolute Gasteiger partial charge is 0.353 e. The molecule has 2 fully saturated rings. The van der Waals surface area contributed by atoms with Gasteiger partial charge in [-0.3, -0.25) is 4.90 Å². The molecule has 0 radical (unpaired) electrons. The second-order valence-electron chi connectivity index (χ2n) is 7.20. The van der Waals surface area contributed by atoms with Crippen LogP contribution >= 0.6 is 11.3 Å². The van der Waals surface area contributed by atoms with E-state index in [-0.39, 0.29) is 0 Å². The minimum Gasteiger partial charge on any atom is -0.353 e. The highest BCUT2D eigenvalue weighted by Gasteiger charge is 2.23. The maximum atomic E-state index is 5.05. The molecule has 0 aliphatic carbocycles. The van der Waals surface area contributed by atoms with E-state index >= 15 is 0 Å². The number of thiophene rings is 1. The minimum atomic E-state index is 0.896. The number of likely N-dealkylation sites (tertiary alicyclic amines) is 1. The van der Waals surface area contributed by atoms with E-state index in [9.17, 15) is 0 Å². The van der Waals surface area contributed by atoms with E-state index in [1.165, 1.54) is 52.4 Å². The van der Waals surface area contributed by atoms with Gasteiger partial charge in [0.25, 0.3) is 0 Å². The first-order chi connectivity index (χ1) is 11.6. The molecule has 0 bridgehead atoms. The Kier molecular flexibility index (Phi) is 4.45. The molecule has 4 rings (SSSR count). The molecule has 0 spiro atoms. The third kappa shape index (κ3) is 3.03. The fourth-order valence-electron chi connectivity index (χ4n) is 3.73. The Morgan fingerprint density at radius 3 is 2.38 bits per heavy atom. The van der Waals surface area contributed by atoms with Crippen molar-refractivity contribution in [3.8, 4) is 0 Å². The Hall–Kier alpha value is -1.24. The Bertz CT molecular complexity index is 727. The molecular formula is C18H27N5S. The zero-order valence-electron chi connectivity index (χ0n) is 15.0. The monoisotopic (exact) mass is 345 g/mol. The molecule has 0 amide bonds. The van der Waals surface area contributed by atoms with E-state index in [1.807, 2.05) is 11.3 Å². The van der Waals surface area contributed by atoms with Crippen molar-refractivity contribution in [2.45, 2.75) is 33.2 Å². The third-order valence-electron chi connectivity index (χ3n) is 5.42. The molecule has 0 atom stereocenters. The number of anilines is 1. The highest BCUT2D eigenvalue weighted by Crippen LogP contribution is 2.35. The summed E-state index contributed by atoms with van der Waals surface area (Å²) >= 11 is 1.82. The van der Waals surface area contributed by atoms with Crippen LogP contribution in [0.4, 0.5) is 5.82 Å². The summed E-state index contributed by atoms with van der Waals surface area (Å²) in [5.41, 5.74) is 1.36. The van der Waals surface area contributed by atoms with Crippen molar-refractivity contribution < 1.29 is 0 Å². The lowest BCUT2D eigenvalue weighted by atomic mass is 10.2. The molecule has 0 unspecified atom stereocenters. The topological polar surface area (TPSA) is 35.5 Å². The van der Waals surface area contributed by atoms with Crippen LogP contribution in [0.2, 0.25) is 0 Å². The fourth-order valence-corrected chi connectivity index (χ4v) is 4.77. The van der Waals surface area contributed by atoms with Gasteiger partial charge in [0.15, 0.2) is 0 Å². The summed E-state index contributed by atoms with van der Waals surface area (Å²) in [6.07, 6.45) is 2.62. The summed E-state index contributed by atoms with van der Waals surface area (Å²) in [5.74, 6) is 2.17. The molecule has 0 saturated carbocycles. The molecule has 130 valence electrons. The Morgan fingerprint density at radius 2 is 1.67 bits per heavy atom. The molecule has 2 aromatic heterocycles. The van der Waals surface area contributed by atoms with Crippen molar-refractivity contribution in [2.75, 3.05) is 51.2 Å². The molecule has 2 aliphatic rings. The summed E-state index contributed by atoms with van der Waals surface area (Å²) in [5, 5.41) is 1.28. The summed E-state index contributed by atoms with van der Waals surface area (Å²) in [7, 11) is 2.20. The molecule has 0 N–H and O–H groups in total. The molecule has 24 heavy (non-hydrogen) atoms. The van der Waals surface area contributed by atoms with Crippen molar-refractivity contribution >= 4 is 27.4 Å². The number of hydrogen-bond donors (Lipinski definition) is 0. The highest BCUT2D eigenvalue weighted by atomic mass is 32.1. The van der Waals surface area contributed by atoms with Crippen molar-refractivity contribution in [3.05, 3.63) is 16.3 Å². The Morgan fingerprint density at radius 1 is 0.958 bits per heavy atom. The lowest BCUT2D eigenvalue weighted by Gasteiger charge is -2.33. The van der Waals surface area contributed by atoms with E-state index in [4.69, 9.17) is 9.97 Å². The maximum Gasteiger partial charge on any atom is 0.146 e. The van der Waals surface area contributed by atoms with Gasteiger partial charge in [-0.25, -0.2) is 9.97 Å². The van der Waals surface area contributed by atoms with Crippen molar-refractivity contribution in [3.63, 3.8) is 0 Å². The van der Waals surface area contributed by atoms with Crippen LogP contribution in [0.15, 0.2) is 0 Å². The van der Waals surface area contributed by atoms with Crippen LogP contribution in [0.25, 0.3) is 10.2 Å². The molecular weight excluding hydrogens is 318 g/mol. The predicted octanol–water partition coefficient (Wildman–Crippen LogP) is 2.66. The first kappa shape index (κ1) is 16.2. The van der Waals surface area contributed by atoms with Gasteiger partial charge in [-0.05, 0) is 52.4 Å². The zero-order chi connectivity index (χ0) is 16.7. The van der Waals surface area contributed by atoms with Gasteiger partial charge < -0.3 is 9.80 Å². The summed E-state index contributed by atoms with van der Waals surface area (Å²) in [6.45, 7) is 12.0. The van der Waals surface area contributed by atoms with Crippen molar-refractivity contribution in [1.82, 2.24) is 19.8 Å². The summed E-state index contributed by atoms with van der Waals surface area (Å²) < 4.78 is 0. The fraction of sp³-hybridized carbons (Fsp3) is 0.667. The number of piperazine rings is 1. The van der Waals surface area contributed by atoms with E-state index in [0.29, 0.717) is 0 Å². The number of nitrogens with zero attached hydrogens (tertiary/aromatic N) is 5. The smallest absolute Gasteiger partial charge is 0.146 e. The Labute approximate surface area is 148 Å². The quantitative estimate of drug-likeness (QED) is 0.855. The number of aryl methyl sites for hydroxylation is 2. The first-order valence-electron chi connectivity index (χ1n) is 9.04. The number of likely N-dealkylation sites (N-methyl/N-ethyl adjacent to an activating group) is 1. The van der Waals surface area contributed by atoms with E-state index < -0.39 is 0 Å². The normalized spacial score (nSPS) is 20.4. The van der Waals surface area contributed by atoms with E-state index in [1.54, 1.807) is 0 Å². The van der Waals surface area contributed by atoms with Crippen LogP contribution in [-0.4, -0.2) is 66.1 Å². The van der Waals surface area contributed by atoms with Gasteiger partial charge in [-0.15, -0.1) is 11.3 Å². The number of fused-ring (bicyclic) bond motifs is 1. The van der Waals surface area contributed by atoms with Gasteiger partial charge in [0.05, 0.1) is 11.9 Å². The van der Waals surface area contributed by atoms with Crippen molar-refractivity contribution in [2.24, 2.45) is 0 Å². The molecule has 6 heteroatoms. The van der Waals surface area contributed by atoms with Gasteiger partial charge in [0.2, 0.25) is 0 Å². The van der Waals surface area contributed by atoms with Crippen LogP contribution in [-0.2, 0) is 6.54 Å². The molecule has 2 saturated heterocycles. The molecule has 2 aliphatic heterocycles. The van der Waals surface area contributed by atoms with Crippen molar-refractivity contribution in [1.29, 1.82) is 0 Å². The van der Waals surface area contributed by atoms with E-state index in [2.05, 4.69) is 35.6 Å². The molecule has 2 aromatic rings. The number of hydrogen-bond acceptors (Lipinski definition) is 6. The molecule has 5 nitrogen and oxygen atoms in total. The number of aromatic nitrogens is 2. The van der Waals surface area contributed by atoms with Crippen LogP contribution in [0.5, 0.6) is 0 Å². The maximum absolute atomic E-state index is 5.05. The standard InChI is InChI=1S/C18H27N5S/c1-13-14(2)24-18-16(13)17(23-10-8-21(3)9-11-23)19-15(20-18)12-22-6-4-5-7-22/h4-12H2,1-3H3. The van der Waals surface area contributed by atoms with Gasteiger partial charge in [-0.2, -0.15) is 0 Å².